The highest BCUT2D eigenvalue weighted by molar-refractivity contribution is 7.22. The Morgan fingerprint density at radius 2 is 1.60 bits per heavy atom. The van der Waals surface area contributed by atoms with E-state index in [1.807, 2.05) is 0 Å². The molecule has 1 heterocycles. The maximum absolute atomic E-state index is 13.5. The summed E-state index contributed by atoms with van der Waals surface area (Å²) in [6.07, 6.45) is 0. The van der Waals surface area contributed by atoms with Crippen LogP contribution in [-0.2, 0) is 0 Å². The van der Waals surface area contributed by atoms with Gasteiger partial charge in [0.15, 0.2) is 16.8 Å². The predicted molar refractivity (Wildman–Crippen MR) is 69.2 cm³/mol. The molecule has 1 N–H and O–H groups in total. The molecule has 0 bridgehead atoms. The fraction of sp³-hybridized carbons (Fsp3) is 0. The molecule has 0 aliphatic heterocycles. The molecule has 102 valence electrons. The van der Waals surface area contributed by atoms with Crippen molar-refractivity contribution in [2.75, 3.05) is 5.32 Å². The van der Waals surface area contributed by atoms with Crippen molar-refractivity contribution >= 4 is 32.4 Å². The van der Waals surface area contributed by atoms with E-state index in [1.54, 1.807) is 0 Å². The number of anilines is 2. The largest absolute Gasteiger partial charge is 0.327 e. The molecular formula is C13H6F4N2S. The van der Waals surface area contributed by atoms with Crippen molar-refractivity contribution < 1.29 is 17.6 Å². The Morgan fingerprint density at radius 1 is 0.900 bits per heavy atom. The second kappa shape index (κ2) is 4.75. The summed E-state index contributed by atoms with van der Waals surface area (Å²) in [6.45, 7) is 0. The van der Waals surface area contributed by atoms with Gasteiger partial charge in [0, 0.05) is 12.1 Å². The van der Waals surface area contributed by atoms with E-state index in [1.165, 1.54) is 18.2 Å². The molecule has 0 saturated carbocycles. The van der Waals surface area contributed by atoms with Crippen LogP contribution in [0.2, 0.25) is 0 Å². The molecule has 7 heteroatoms. The zero-order valence-electron chi connectivity index (χ0n) is 9.75. The van der Waals surface area contributed by atoms with Gasteiger partial charge in [0.2, 0.25) is 0 Å². The number of nitrogens with one attached hydrogen (secondary N) is 1. The summed E-state index contributed by atoms with van der Waals surface area (Å²) in [7, 11) is 0. The lowest BCUT2D eigenvalue weighted by molar-refractivity contribution is 0.549. The van der Waals surface area contributed by atoms with Crippen LogP contribution >= 0.6 is 11.3 Å². The van der Waals surface area contributed by atoms with Gasteiger partial charge in [-0.3, -0.25) is 0 Å². The lowest BCUT2D eigenvalue weighted by atomic mass is 10.3. The number of aromatic nitrogens is 1. The van der Waals surface area contributed by atoms with Gasteiger partial charge in [-0.05, 0) is 18.2 Å². The fourth-order valence-electron chi connectivity index (χ4n) is 1.72. The van der Waals surface area contributed by atoms with E-state index >= 15 is 0 Å². The van der Waals surface area contributed by atoms with Gasteiger partial charge in [-0.2, -0.15) is 0 Å². The summed E-state index contributed by atoms with van der Waals surface area (Å²) in [6, 6.07) is 5.11. The number of hydrogen-bond acceptors (Lipinski definition) is 3. The van der Waals surface area contributed by atoms with Gasteiger partial charge in [0.25, 0.3) is 0 Å². The van der Waals surface area contributed by atoms with Crippen LogP contribution in [0.25, 0.3) is 10.2 Å². The Labute approximate surface area is 114 Å². The third-order valence-electron chi connectivity index (χ3n) is 2.59. The molecule has 1 aromatic heterocycles. The third-order valence-corrected chi connectivity index (χ3v) is 3.52. The van der Waals surface area contributed by atoms with Crippen LogP contribution in [0, 0.1) is 23.3 Å². The second-order valence-electron chi connectivity index (χ2n) is 4.00. The first-order valence-electron chi connectivity index (χ1n) is 5.50. The fourth-order valence-corrected chi connectivity index (χ4v) is 2.62. The number of rotatable bonds is 2. The molecule has 2 aromatic carbocycles. The average molecular weight is 298 g/mol. The average Bonchev–Trinajstić information content (AvgIpc) is 2.75. The number of hydrogen-bond donors (Lipinski definition) is 1. The molecule has 0 amide bonds. The SMILES string of the molecule is Fc1cc(F)c(Nc2nc3ccc(F)cc3s2)c(F)c1. The first-order chi connectivity index (χ1) is 9.52. The van der Waals surface area contributed by atoms with Crippen LogP contribution in [0.15, 0.2) is 30.3 Å². The van der Waals surface area contributed by atoms with E-state index in [0.717, 1.165) is 11.3 Å². The first kappa shape index (κ1) is 12.9. The zero-order valence-corrected chi connectivity index (χ0v) is 10.6. The molecule has 0 fully saturated rings. The Balaban J connectivity index is 2.01. The highest BCUT2D eigenvalue weighted by Gasteiger charge is 2.13. The lowest BCUT2D eigenvalue weighted by Crippen LogP contribution is -1.98. The Hall–Kier alpha value is -2.15. The first-order valence-corrected chi connectivity index (χ1v) is 6.32. The Kier molecular flexibility index (Phi) is 3.06. The quantitative estimate of drug-likeness (QED) is 0.700. The molecule has 0 aliphatic rings. The van der Waals surface area contributed by atoms with E-state index in [9.17, 15) is 17.6 Å². The van der Waals surface area contributed by atoms with Gasteiger partial charge in [-0.25, -0.2) is 22.5 Å². The van der Waals surface area contributed by atoms with Crippen LogP contribution in [-0.4, -0.2) is 4.98 Å². The summed E-state index contributed by atoms with van der Waals surface area (Å²) in [4.78, 5) is 4.07. The van der Waals surface area contributed by atoms with E-state index in [-0.39, 0.29) is 5.13 Å². The number of fused-ring (bicyclic) bond motifs is 1. The van der Waals surface area contributed by atoms with Gasteiger partial charge in [0.05, 0.1) is 10.2 Å². The molecule has 0 spiro atoms. The van der Waals surface area contributed by atoms with Crippen molar-refractivity contribution in [3.63, 3.8) is 0 Å². The summed E-state index contributed by atoms with van der Waals surface area (Å²) < 4.78 is 53.4. The molecule has 0 unspecified atom stereocenters. The second-order valence-corrected chi connectivity index (χ2v) is 5.03. The van der Waals surface area contributed by atoms with Gasteiger partial charge in [-0.1, -0.05) is 11.3 Å². The topological polar surface area (TPSA) is 24.9 Å². The van der Waals surface area contributed by atoms with Crippen LogP contribution < -0.4 is 5.32 Å². The zero-order chi connectivity index (χ0) is 14.3. The number of thiazole rings is 1. The third kappa shape index (κ3) is 2.32. The van der Waals surface area contributed by atoms with Crippen molar-refractivity contribution in [1.82, 2.24) is 4.98 Å². The van der Waals surface area contributed by atoms with Crippen molar-refractivity contribution in [3.05, 3.63) is 53.6 Å². The number of benzene rings is 2. The van der Waals surface area contributed by atoms with Crippen molar-refractivity contribution in [2.24, 2.45) is 0 Å². The van der Waals surface area contributed by atoms with Crippen molar-refractivity contribution in [3.8, 4) is 0 Å². The van der Waals surface area contributed by atoms with Crippen LogP contribution in [0.1, 0.15) is 0 Å². The van der Waals surface area contributed by atoms with E-state index < -0.39 is 29.0 Å². The molecule has 0 saturated heterocycles. The minimum Gasteiger partial charge on any atom is -0.327 e. The smallest absolute Gasteiger partial charge is 0.188 e. The molecule has 2 nitrogen and oxygen atoms in total. The molecule has 0 radical (unpaired) electrons. The molecule has 3 aromatic rings. The summed E-state index contributed by atoms with van der Waals surface area (Å²) in [5, 5.41) is 2.63. The van der Waals surface area contributed by atoms with Crippen LogP contribution in [0.3, 0.4) is 0 Å². The van der Waals surface area contributed by atoms with Gasteiger partial charge >= 0.3 is 0 Å². The van der Waals surface area contributed by atoms with Crippen LogP contribution in [0.5, 0.6) is 0 Å². The highest BCUT2D eigenvalue weighted by Crippen LogP contribution is 2.31. The molecule has 0 atom stereocenters. The summed E-state index contributed by atoms with van der Waals surface area (Å²) in [5.41, 5.74) is 0.00718. The van der Waals surface area contributed by atoms with Crippen molar-refractivity contribution in [2.45, 2.75) is 0 Å². The van der Waals surface area contributed by atoms with Gasteiger partial charge < -0.3 is 5.32 Å². The molecule has 20 heavy (non-hydrogen) atoms. The van der Waals surface area contributed by atoms with E-state index in [2.05, 4.69) is 10.3 Å². The molecule has 0 aliphatic carbocycles. The number of halogens is 4. The van der Waals surface area contributed by atoms with Gasteiger partial charge in [0.1, 0.15) is 17.3 Å². The number of nitrogens with zero attached hydrogens (tertiary/aromatic N) is 1. The summed E-state index contributed by atoms with van der Waals surface area (Å²) in [5.74, 6) is -3.55. The normalized spacial score (nSPS) is 11.0. The maximum Gasteiger partial charge on any atom is 0.188 e. The van der Waals surface area contributed by atoms with Crippen molar-refractivity contribution in [1.29, 1.82) is 0 Å². The van der Waals surface area contributed by atoms with Gasteiger partial charge in [-0.15, -0.1) is 0 Å². The molecular weight excluding hydrogens is 292 g/mol. The summed E-state index contributed by atoms with van der Waals surface area (Å²) >= 11 is 1.04. The predicted octanol–water partition coefficient (Wildman–Crippen LogP) is 4.60. The standard InChI is InChI=1S/C13H6F4N2S/c14-6-1-2-10-11(5-6)20-13(18-10)19-12-8(16)3-7(15)4-9(12)17/h1-5H,(H,18,19). The van der Waals surface area contributed by atoms with E-state index in [0.29, 0.717) is 22.3 Å². The van der Waals surface area contributed by atoms with Crippen LogP contribution in [0.4, 0.5) is 28.4 Å². The monoisotopic (exact) mass is 298 g/mol. The Morgan fingerprint density at radius 3 is 2.30 bits per heavy atom. The highest BCUT2D eigenvalue weighted by atomic mass is 32.1. The minimum absolute atomic E-state index is 0.190. The molecule has 3 rings (SSSR count). The lowest BCUT2D eigenvalue weighted by Gasteiger charge is -2.05. The minimum atomic E-state index is -1.06. The maximum atomic E-state index is 13.5. The Bertz CT molecular complexity index is 777. The van der Waals surface area contributed by atoms with E-state index in [4.69, 9.17) is 0 Å².